The van der Waals surface area contributed by atoms with Gasteiger partial charge in [-0.1, -0.05) is 72.8 Å². The third kappa shape index (κ3) is 13.7. The molecule has 0 fully saturated rings. The molecule has 4 aromatic carbocycles. The molecule has 0 radical (unpaired) electrons. The van der Waals surface area contributed by atoms with Gasteiger partial charge in [0, 0.05) is 107 Å². The van der Waals surface area contributed by atoms with E-state index in [0.717, 1.165) is 65.9 Å². The summed E-state index contributed by atoms with van der Waals surface area (Å²) in [5.41, 5.74) is 6.43. The SMILES string of the molecule is O=C(O)[C@H](Cc1c[nH]c2ccccc12)Nc1nc(NCCOCCOCCNc2nc(N[C@@H](Cc3c[nH]c4ccccc34)C(=O)O)nc(N[C@@H](Cc3c[nH]c4ccccc34)C(=O)O)n2)nc(N[C@@H](Cc2c[nH]c3ccccc23)C(=O)O)n1. The molecule has 0 bridgehead atoms. The Hall–Kier alpha value is -10.3. The first-order chi connectivity index (χ1) is 39.9. The van der Waals surface area contributed by atoms with Crippen LogP contribution in [0, 0.1) is 0 Å². The molecule has 422 valence electrons. The summed E-state index contributed by atoms with van der Waals surface area (Å²) in [4.78, 5) is 89.8. The van der Waals surface area contributed by atoms with E-state index in [-0.39, 0.29) is 101 Å². The molecule has 26 heteroatoms. The van der Waals surface area contributed by atoms with Gasteiger partial charge in [-0.05, 0) is 46.5 Å². The molecular formula is C56H58N16O10. The highest BCUT2D eigenvalue weighted by molar-refractivity contribution is 5.88. The van der Waals surface area contributed by atoms with Crippen LogP contribution in [0.15, 0.2) is 122 Å². The number of aromatic amines is 4. The Balaban J connectivity index is 0.755. The summed E-state index contributed by atoms with van der Waals surface area (Å²) in [5, 5.41) is 62.5. The summed E-state index contributed by atoms with van der Waals surface area (Å²) < 4.78 is 11.6. The Morgan fingerprint density at radius 3 is 0.866 bits per heavy atom. The van der Waals surface area contributed by atoms with Gasteiger partial charge in [-0.2, -0.15) is 29.9 Å². The molecule has 6 heterocycles. The fourth-order valence-corrected chi connectivity index (χ4v) is 9.47. The van der Waals surface area contributed by atoms with Gasteiger partial charge in [0.1, 0.15) is 24.2 Å². The second-order valence-electron chi connectivity index (χ2n) is 19.1. The van der Waals surface area contributed by atoms with E-state index in [9.17, 15) is 39.6 Å². The van der Waals surface area contributed by atoms with Crippen molar-refractivity contribution in [3.63, 3.8) is 0 Å². The highest BCUT2D eigenvalue weighted by Gasteiger charge is 2.27. The quantitative estimate of drug-likeness (QED) is 0.0222. The predicted molar refractivity (Wildman–Crippen MR) is 306 cm³/mol. The fraction of sp³-hybridized carbons (Fsp3) is 0.250. The Labute approximate surface area is 466 Å². The monoisotopic (exact) mass is 1110 g/mol. The molecule has 4 atom stereocenters. The summed E-state index contributed by atoms with van der Waals surface area (Å²) in [6, 6.07) is 25.4. The number of anilines is 6. The average molecular weight is 1120 g/mol. The van der Waals surface area contributed by atoms with Crippen LogP contribution in [0.5, 0.6) is 0 Å². The number of aromatic nitrogens is 10. The van der Waals surface area contributed by atoms with Gasteiger partial charge < -0.3 is 81.7 Å². The topological polar surface area (TPSA) is 380 Å². The minimum absolute atomic E-state index is 0.0222. The zero-order valence-corrected chi connectivity index (χ0v) is 43.8. The van der Waals surface area contributed by atoms with Gasteiger partial charge in [0.05, 0.1) is 26.4 Å². The number of fused-ring (bicyclic) bond motifs is 4. The molecule has 0 aliphatic rings. The van der Waals surface area contributed by atoms with Crippen molar-refractivity contribution in [1.82, 2.24) is 49.8 Å². The Morgan fingerprint density at radius 2 is 0.610 bits per heavy atom. The highest BCUT2D eigenvalue weighted by atomic mass is 16.5. The molecule has 82 heavy (non-hydrogen) atoms. The summed E-state index contributed by atoms with van der Waals surface area (Å²) in [6.07, 6.45) is 7.29. The lowest BCUT2D eigenvalue weighted by Gasteiger charge is -2.18. The standard InChI is InChI=1S/C56H58N16O10/c73-47(74)43(23-31-27-59-39-13-5-1-9-35(31)39)63-53-67-51(68-54(71-53)64-44(48(75)76)24-32-28-60-40-14-6-2-10-36(32)40)57-17-19-81-21-22-82-20-18-58-52-69-55(65-45(49(77)78)25-33-29-61-41-15-7-3-11-37(33)41)72-56(70-52)66-46(50(79)80)26-34-30-62-42-16-8-4-12-38(34)42/h1-16,27-30,43-46,59-62H,17-26H2,(H,73,74)(H,75,76)(H,77,78)(H,79,80)(H3,57,63,64,67,68,71)(H3,58,65,66,69,70,72)/t43-,44-,45-,46-/m0/s1. The highest BCUT2D eigenvalue weighted by Crippen LogP contribution is 2.25. The third-order valence-corrected chi connectivity index (χ3v) is 13.5. The summed E-state index contributed by atoms with van der Waals surface area (Å²) in [6.45, 7) is 1.02. The van der Waals surface area contributed by atoms with Gasteiger partial charge >= 0.3 is 23.9 Å². The molecule has 0 unspecified atom stereocenters. The maximum Gasteiger partial charge on any atom is 0.326 e. The minimum Gasteiger partial charge on any atom is -0.480 e. The molecule has 0 saturated carbocycles. The smallest absolute Gasteiger partial charge is 0.326 e. The van der Waals surface area contributed by atoms with Crippen LogP contribution >= 0.6 is 0 Å². The van der Waals surface area contributed by atoms with Gasteiger partial charge in [0.2, 0.25) is 35.7 Å². The molecule has 0 aliphatic carbocycles. The van der Waals surface area contributed by atoms with Crippen LogP contribution in [0.3, 0.4) is 0 Å². The van der Waals surface area contributed by atoms with E-state index < -0.39 is 48.0 Å². The van der Waals surface area contributed by atoms with Crippen LogP contribution < -0.4 is 31.9 Å². The van der Waals surface area contributed by atoms with E-state index in [1.807, 2.05) is 97.1 Å². The van der Waals surface area contributed by atoms with Crippen molar-refractivity contribution in [2.75, 3.05) is 71.4 Å². The molecule has 0 spiro atoms. The Kier molecular flexibility index (Phi) is 17.2. The number of aliphatic carboxylic acids is 4. The zero-order valence-electron chi connectivity index (χ0n) is 43.8. The Bertz CT molecular complexity index is 3380. The lowest BCUT2D eigenvalue weighted by Crippen LogP contribution is -2.34. The minimum atomic E-state index is -1.18. The van der Waals surface area contributed by atoms with Crippen LogP contribution in [-0.2, 0) is 54.3 Å². The van der Waals surface area contributed by atoms with Crippen LogP contribution in [0.1, 0.15) is 22.3 Å². The number of rotatable bonds is 31. The largest absolute Gasteiger partial charge is 0.480 e. The van der Waals surface area contributed by atoms with E-state index in [0.29, 0.717) is 0 Å². The van der Waals surface area contributed by atoms with Gasteiger partial charge in [-0.25, -0.2) is 19.2 Å². The van der Waals surface area contributed by atoms with Crippen molar-refractivity contribution >= 4 is 103 Å². The van der Waals surface area contributed by atoms with E-state index in [1.54, 1.807) is 24.8 Å². The number of carboxylic acid groups (broad SMARTS) is 4. The summed E-state index contributed by atoms with van der Waals surface area (Å²) in [7, 11) is 0. The van der Waals surface area contributed by atoms with Gasteiger partial charge in [-0.15, -0.1) is 0 Å². The van der Waals surface area contributed by atoms with Crippen molar-refractivity contribution in [2.24, 2.45) is 0 Å². The average Bonchev–Trinajstić information content (AvgIpc) is 4.45. The van der Waals surface area contributed by atoms with E-state index in [1.165, 1.54) is 0 Å². The first kappa shape index (κ1) is 55.0. The molecule has 26 nitrogen and oxygen atoms in total. The molecule has 10 aromatic rings. The van der Waals surface area contributed by atoms with Crippen LogP contribution in [-0.4, -0.2) is 158 Å². The van der Waals surface area contributed by atoms with Gasteiger partial charge in [0.15, 0.2) is 0 Å². The van der Waals surface area contributed by atoms with Crippen molar-refractivity contribution in [2.45, 2.75) is 49.9 Å². The van der Waals surface area contributed by atoms with E-state index in [4.69, 9.17) is 9.47 Å². The number of ether oxygens (including phenoxy) is 2. The van der Waals surface area contributed by atoms with Crippen LogP contribution in [0.25, 0.3) is 43.6 Å². The van der Waals surface area contributed by atoms with E-state index in [2.05, 4.69) is 81.7 Å². The lowest BCUT2D eigenvalue weighted by atomic mass is 10.1. The second kappa shape index (κ2) is 25.6. The normalized spacial score (nSPS) is 12.9. The number of nitrogens with one attached hydrogen (secondary N) is 10. The summed E-state index contributed by atoms with van der Waals surface area (Å²) >= 11 is 0. The number of hydrogen-bond donors (Lipinski definition) is 14. The molecule has 6 aromatic heterocycles. The number of nitrogens with zero attached hydrogens (tertiary/aromatic N) is 6. The lowest BCUT2D eigenvalue weighted by molar-refractivity contribution is -0.138. The van der Waals surface area contributed by atoms with Gasteiger partial charge in [-0.3, -0.25) is 0 Å². The number of carbonyl (C=O) groups is 4. The summed E-state index contributed by atoms with van der Waals surface area (Å²) in [5.74, 6) is -5.04. The van der Waals surface area contributed by atoms with Crippen molar-refractivity contribution in [1.29, 1.82) is 0 Å². The molecular weight excluding hydrogens is 1060 g/mol. The fourth-order valence-electron chi connectivity index (χ4n) is 9.47. The number of benzene rings is 4. The van der Waals surface area contributed by atoms with E-state index >= 15 is 0 Å². The number of H-pyrrole nitrogens is 4. The third-order valence-electron chi connectivity index (χ3n) is 13.5. The number of hydrogen-bond acceptors (Lipinski definition) is 18. The zero-order chi connectivity index (χ0) is 57.0. The molecule has 0 amide bonds. The second-order valence-corrected chi connectivity index (χ2v) is 19.1. The maximum absolute atomic E-state index is 12.6. The molecule has 0 saturated heterocycles. The van der Waals surface area contributed by atoms with Crippen LogP contribution in [0.4, 0.5) is 35.7 Å². The van der Waals surface area contributed by atoms with Crippen LogP contribution in [0.2, 0.25) is 0 Å². The van der Waals surface area contributed by atoms with Crippen molar-refractivity contribution in [3.05, 3.63) is 144 Å². The first-order valence-electron chi connectivity index (χ1n) is 26.2. The molecule has 0 aliphatic heterocycles. The molecule has 10 rings (SSSR count). The van der Waals surface area contributed by atoms with Crippen molar-refractivity contribution in [3.8, 4) is 0 Å². The van der Waals surface area contributed by atoms with Crippen molar-refractivity contribution < 1.29 is 49.1 Å². The number of carboxylic acids is 4. The Morgan fingerprint density at radius 1 is 0.366 bits per heavy atom. The first-order valence-corrected chi connectivity index (χ1v) is 26.2. The van der Waals surface area contributed by atoms with Gasteiger partial charge in [0.25, 0.3) is 0 Å². The number of para-hydroxylation sites is 4. The molecule has 14 N–H and O–H groups in total. The predicted octanol–water partition coefficient (Wildman–Crippen LogP) is 5.97. The maximum atomic E-state index is 12.6.